The van der Waals surface area contributed by atoms with Gasteiger partial charge in [-0.1, -0.05) is 0 Å². The van der Waals surface area contributed by atoms with Crippen molar-refractivity contribution in [3.8, 4) is 0 Å². The van der Waals surface area contributed by atoms with Crippen molar-refractivity contribution in [2.75, 3.05) is 11.9 Å². The van der Waals surface area contributed by atoms with Crippen LogP contribution in [-0.4, -0.2) is 26.1 Å². The number of imidazole rings is 1. The molecule has 3 aromatic rings. The Morgan fingerprint density at radius 1 is 1.38 bits per heavy atom. The lowest BCUT2D eigenvalue weighted by atomic mass is 10.4. The molecule has 1 unspecified atom stereocenters. The van der Waals surface area contributed by atoms with E-state index >= 15 is 0 Å². The minimum atomic E-state index is -0.118. The van der Waals surface area contributed by atoms with Gasteiger partial charge in [-0.2, -0.15) is 0 Å². The summed E-state index contributed by atoms with van der Waals surface area (Å²) in [6.07, 6.45) is 4.76. The number of hydrogen-bond donors (Lipinski definition) is 1. The van der Waals surface area contributed by atoms with Crippen molar-refractivity contribution in [1.29, 1.82) is 0 Å². The first-order valence-corrected chi connectivity index (χ1v) is 6.85. The molecule has 0 bridgehead atoms. The largest absolute Gasteiger partial charge is 0.467 e. The summed E-state index contributed by atoms with van der Waals surface area (Å²) in [5, 5.41) is 3.21. The normalized spacial score (nSPS) is 12.7. The Hall–Kier alpha value is -2.41. The maximum absolute atomic E-state index is 5.58. The van der Waals surface area contributed by atoms with Gasteiger partial charge in [0, 0.05) is 6.61 Å². The number of anilines is 1. The van der Waals surface area contributed by atoms with E-state index in [9.17, 15) is 0 Å². The fourth-order valence-corrected chi connectivity index (χ4v) is 2.15. The van der Waals surface area contributed by atoms with Crippen molar-refractivity contribution < 1.29 is 9.15 Å². The van der Waals surface area contributed by atoms with Crippen LogP contribution in [0.1, 0.15) is 25.8 Å². The number of furan rings is 1. The Morgan fingerprint density at radius 2 is 2.29 bits per heavy atom. The summed E-state index contributed by atoms with van der Waals surface area (Å²) in [6.45, 7) is 5.10. The lowest BCUT2D eigenvalue weighted by Crippen LogP contribution is -2.09. The van der Waals surface area contributed by atoms with Crippen molar-refractivity contribution in [3.63, 3.8) is 0 Å². The molecular formula is C14H17N5O2. The van der Waals surface area contributed by atoms with Crippen LogP contribution in [0.3, 0.4) is 0 Å². The van der Waals surface area contributed by atoms with Gasteiger partial charge in [0.25, 0.3) is 0 Å². The Kier molecular flexibility index (Phi) is 3.83. The minimum Gasteiger partial charge on any atom is -0.467 e. The van der Waals surface area contributed by atoms with Gasteiger partial charge in [-0.05, 0) is 26.0 Å². The number of rotatable bonds is 6. The standard InChI is InChI=1S/C14H17N5O2/c1-3-20-10(2)19-9-18-12-13(16-8-17-14(12)19)15-7-11-5-4-6-21-11/h4-6,8-10H,3,7H2,1-2H3,(H,15,16,17). The van der Waals surface area contributed by atoms with Crippen LogP contribution in [-0.2, 0) is 11.3 Å². The molecule has 0 aromatic carbocycles. The third-order valence-electron chi connectivity index (χ3n) is 3.17. The molecule has 1 N–H and O–H groups in total. The number of hydrogen-bond acceptors (Lipinski definition) is 6. The van der Waals surface area contributed by atoms with E-state index in [1.165, 1.54) is 6.33 Å². The van der Waals surface area contributed by atoms with Gasteiger partial charge in [-0.3, -0.25) is 4.57 Å². The van der Waals surface area contributed by atoms with Crippen molar-refractivity contribution >= 4 is 17.0 Å². The van der Waals surface area contributed by atoms with Gasteiger partial charge in [0.05, 0.1) is 19.1 Å². The van der Waals surface area contributed by atoms with Gasteiger partial charge in [-0.25, -0.2) is 15.0 Å². The van der Waals surface area contributed by atoms with Gasteiger partial charge >= 0.3 is 0 Å². The first-order chi connectivity index (χ1) is 10.3. The number of nitrogens with zero attached hydrogens (tertiary/aromatic N) is 4. The third-order valence-corrected chi connectivity index (χ3v) is 3.17. The Balaban J connectivity index is 1.86. The molecule has 7 nitrogen and oxygen atoms in total. The van der Waals surface area contributed by atoms with E-state index in [0.29, 0.717) is 19.0 Å². The number of fused-ring (bicyclic) bond motifs is 1. The predicted molar refractivity (Wildman–Crippen MR) is 77.7 cm³/mol. The fourth-order valence-electron chi connectivity index (χ4n) is 2.15. The lowest BCUT2D eigenvalue weighted by molar-refractivity contribution is 0.0272. The molecule has 0 aliphatic heterocycles. The molecule has 7 heteroatoms. The average molecular weight is 287 g/mol. The van der Waals surface area contributed by atoms with E-state index in [1.807, 2.05) is 30.5 Å². The number of nitrogens with one attached hydrogen (secondary N) is 1. The molecule has 0 saturated heterocycles. The molecule has 0 radical (unpaired) electrons. The molecule has 21 heavy (non-hydrogen) atoms. The highest BCUT2D eigenvalue weighted by Crippen LogP contribution is 2.21. The highest BCUT2D eigenvalue weighted by molar-refractivity contribution is 5.82. The smallest absolute Gasteiger partial charge is 0.167 e. The summed E-state index contributed by atoms with van der Waals surface area (Å²) < 4.78 is 12.8. The molecule has 0 fully saturated rings. The van der Waals surface area contributed by atoms with E-state index < -0.39 is 0 Å². The van der Waals surface area contributed by atoms with Crippen LogP contribution in [0.25, 0.3) is 11.2 Å². The zero-order valence-electron chi connectivity index (χ0n) is 12.0. The topological polar surface area (TPSA) is 78.0 Å². The first-order valence-electron chi connectivity index (χ1n) is 6.85. The summed E-state index contributed by atoms with van der Waals surface area (Å²) >= 11 is 0. The van der Waals surface area contributed by atoms with Gasteiger partial charge in [0.15, 0.2) is 17.0 Å². The van der Waals surface area contributed by atoms with Crippen molar-refractivity contribution in [1.82, 2.24) is 19.5 Å². The van der Waals surface area contributed by atoms with Crippen LogP contribution >= 0.6 is 0 Å². The van der Waals surface area contributed by atoms with E-state index in [4.69, 9.17) is 9.15 Å². The fraction of sp³-hybridized carbons (Fsp3) is 0.357. The molecule has 3 heterocycles. The SMILES string of the molecule is CCOC(C)n1cnc2c(NCc3ccco3)ncnc21. The van der Waals surface area contributed by atoms with Gasteiger partial charge in [-0.15, -0.1) is 0 Å². The average Bonchev–Trinajstić information content (AvgIpc) is 3.14. The first kappa shape index (κ1) is 13.6. The van der Waals surface area contributed by atoms with E-state index in [0.717, 1.165) is 16.9 Å². The maximum Gasteiger partial charge on any atom is 0.167 e. The molecule has 3 rings (SSSR count). The summed E-state index contributed by atoms with van der Waals surface area (Å²) in [5.41, 5.74) is 1.46. The molecule has 0 spiro atoms. The maximum atomic E-state index is 5.58. The van der Waals surface area contributed by atoms with Gasteiger partial charge in [0.2, 0.25) is 0 Å². The molecule has 110 valence electrons. The summed E-state index contributed by atoms with van der Waals surface area (Å²) in [6, 6.07) is 3.76. The molecule has 1 atom stereocenters. The molecule has 3 aromatic heterocycles. The van der Waals surface area contributed by atoms with Crippen LogP contribution in [0.4, 0.5) is 5.82 Å². The van der Waals surface area contributed by atoms with Gasteiger partial charge in [0.1, 0.15) is 18.3 Å². The number of ether oxygens (including phenoxy) is 1. The summed E-state index contributed by atoms with van der Waals surface area (Å²) in [4.78, 5) is 12.9. The lowest BCUT2D eigenvalue weighted by Gasteiger charge is -2.13. The zero-order chi connectivity index (χ0) is 14.7. The second-order valence-electron chi connectivity index (χ2n) is 4.53. The number of aromatic nitrogens is 4. The monoisotopic (exact) mass is 287 g/mol. The Bertz CT molecular complexity index is 707. The molecule has 0 aliphatic carbocycles. The van der Waals surface area contributed by atoms with Crippen LogP contribution in [0.5, 0.6) is 0 Å². The second kappa shape index (κ2) is 5.92. The highest BCUT2D eigenvalue weighted by atomic mass is 16.5. The summed E-state index contributed by atoms with van der Waals surface area (Å²) in [5.74, 6) is 1.52. The molecule has 0 amide bonds. The van der Waals surface area contributed by atoms with Gasteiger partial charge < -0.3 is 14.5 Å². The highest BCUT2D eigenvalue weighted by Gasteiger charge is 2.14. The Morgan fingerprint density at radius 3 is 3.05 bits per heavy atom. The summed E-state index contributed by atoms with van der Waals surface area (Å²) in [7, 11) is 0. The predicted octanol–water partition coefficient (Wildman–Crippen LogP) is 2.59. The second-order valence-corrected chi connectivity index (χ2v) is 4.53. The molecule has 0 aliphatic rings. The molecule has 0 saturated carbocycles. The van der Waals surface area contributed by atoms with Crippen LogP contribution in [0.15, 0.2) is 35.5 Å². The zero-order valence-corrected chi connectivity index (χ0v) is 12.0. The van der Waals surface area contributed by atoms with Crippen molar-refractivity contribution in [2.45, 2.75) is 26.6 Å². The van der Waals surface area contributed by atoms with E-state index in [2.05, 4.69) is 20.3 Å². The quantitative estimate of drug-likeness (QED) is 0.750. The van der Waals surface area contributed by atoms with E-state index in [1.54, 1.807) is 12.6 Å². The van der Waals surface area contributed by atoms with Crippen molar-refractivity contribution in [3.05, 3.63) is 36.8 Å². The van der Waals surface area contributed by atoms with E-state index in [-0.39, 0.29) is 6.23 Å². The van der Waals surface area contributed by atoms with Crippen LogP contribution < -0.4 is 5.32 Å². The Labute approximate surface area is 122 Å². The van der Waals surface area contributed by atoms with Crippen LogP contribution in [0, 0.1) is 0 Å². The van der Waals surface area contributed by atoms with Crippen LogP contribution in [0.2, 0.25) is 0 Å². The van der Waals surface area contributed by atoms with Crippen molar-refractivity contribution in [2.24, 2.45) is 0 Å². The minimum absolute atomic E-state index is 0.118. The molecular weight excluding hydrogens is 270 g/mol. The third kappa shape index (κ3) is 2.73.